The number of rotatable bonds is 6. The van der Waals surface area contributed by atoms with Gasteiger partial charge in [0.1, 0.15) is 5.75 Å². The van der Waals surface area contributed by atoms with Crippen LogP contribution in [0.1, 0.15) is 47.0 Å². The van der Waals surface area contributed by atoms with Crippen molar-refractivity contribution in [2.45, 2.75) is 44.8 Å². The standard InChI is InChI=1S/C21H28N2OS/c1-24-18-7-5-6-17(14-18)21-10-13-23(21)16-20-9-8-19(25-20)15-22-11-3-2-4-12-22/h5-9,14,21H,2-4,10-13,15-16H2,1H3/t21-/m0/s1. The first-order valence-electron chi connectivity index (χ1n) is 9.50. The third-order valence-corrected chi connectivity index (χ3v) is 6.57. The molecule has 2 fully saturated rings. The summed E-state index contributed by atoms with van der Waals surface area (Å²) in [6.45, 7) is 5.96. The van der Waals surface area contributed by atoms with Gasteiger partial charge in [-0.3, -0.25) is 9.80 Å². The Morgan fingerprint density at radius 1 is 1.00 bits per heavy atom. The molecule has 3 nitrogen and oxygen atoms in total. The Morgan fingerprint density at radius 3 is 2.52 bits per heavy atom. The molecule has 0 radical (unpaired) electrons. The van der Waals surface area contributed by atoms with Crippen molar-refractivity contribution in [2.24, 2.45) is 0 Å². The van der Waals surface area contributed by atoms with Gasteiger partial charge in [0.2, 0.25) is 0 Å². The molecule has 1 atom stereocenters. The molecule has 1 aromatic heterocycles. The van der Waals surface area contributed by atoms with Gasteiger partial charge >= 0.3 is 0 Å². The van der Waals surface area contributed by atoms with E-state index in [1.807, 2.05) is 17.4 Å². The highest BCUT2D eigenvalue weighted by Crippen LogP contribution is 2.36. The average Bonchev–Trinajstić information content (AvgIpc) is 3.07. The van der Waals surface area contributed by atoms with Crippen LogP contribution in [0.5, 0.6) is 5.75 Å². The molecule has 0 aliphatic carbocycles. The highest BCUT2D eigenvalue weighted by molar-refractivity contribution is 7.11. The minimum Gasteiger partial charge on any atom is -0.497 e. The topological polar surface area (TPSA) is 15.7 Å². The third kappa shape index (κ3) is 4.08. The zero-order valence-electron chi connectivity index (χ0n) is 15.1. The van der Waals surface area contributed by atoms with Gasteiger partial charge in [-0.2, -0.15) is 0 Å². The van der Waals surface area contributed by atoms with Crippen LogP contribution >= 0.6 is 11.3 Å². The minimum absolute atomic E-state index is 0.544. The molecule has 1 aromatic carbocycles. The SMILES string of the molecule is COc1cccc([C@@H]2CCN2Cc2ccc(CN3CCCCC3)s2)c1. The number of ether oxygens (including phenoxy) is 1. The Balaban J connectivity index is 1.35. The normalized spacial score (nSPS) is 21.9. The summed E-state index contributed by atoms with van der Waals surface area (Å²) in [5, 5.41) is 0. The Hall–Kier alpha value is -1.36. The molecule has 2 saturated heterocycles. The summed E-state index contributed by atoms with van der Waals surface area (Å²) in [6.07, 6.45) is 5.40. The van der Waals surface area contributed by atoms with Gasteiger partial charge in [-0.25, -0.2) is 0 Å². The lowest BCUT2D eigenvalue weighted by atomic mass is 9.94. The first-order valence-corrected chi connectivity index (χ1v) is 10.3. The van der Waals surface area contributed by atoms with Gasteiger partial charge in [-0.15, -0.1) is 11.3 Å². The van der Waals surface area contributed by atoms with E-state index in [-0.39, 0.29) is 0 Å². The van der Waals surface area contributed by atoms with Crippen LogP contribution in [0.2, 0.25) is 0 Å². The summed E-state index contributed by atoms with van der Waals surface area (Å²) in [7, 11) is 1.74. The summed E-state index contributed by atoms with van der Waals surface area (Å²) in [5.74, 6) is 0.962. The quantitative estimate of drug-likeness (QED) is 0.747. The van der Waals surface area contributed by atoms with Crippen LogP contribution in [0.3, 0.4) is 0 Å². The predicted molar refractivity (Wildman–Crippen MR) is 104 cm³/mol. The Bertz CT molecular complexity index is 693. The van der Waals surface area contributed by atoms with Crippen molar-refractivity contribution < 1.29 is 4.74 Å². The van der Waals surface area contributed by atoms with Crippen LogP contribution in [-0.4, -0.2) is 36.5 Å². The second-order valence-corrected chi connectivity index (χ2v) is 8.51. The Kier molecular flexibility index (Phi) is 5.39. The fourth-order valence-electron chi connectivity index (χ4n) is 3.99. The predicted octanol–water partition coefficient (Wildman–Crippen LogP) is 4.69. The van der Waals surface area contributed by atoms with Gasteiger partial charge in [0.25, 0.3) is 0 Å². The number of hydrogen-bond acceptors (Lipinski definition) is 4. The van der Waals surface area contributed by atoms with Crippen LogP contribution in [-0.2, 0) is 13.1 Å². The van der Waals surface area contributed by atoms with Crippen LogP contribution in [0.25, 0.3) is 0 Å². The molecule has 0 unspecified atom stereocenters. The molecule has 0 N–H and O–H groups in total. The lowest BCUT2D eigenvalue weighted by Gasteiger charge is -2.41. The van der Waals surface area contributed by atoms with E-state index in [0.717, 1.165) is 18.8 Å². The number of piperidine rings is 1. The molecule has 4 rings (SSSR count). The monoisotopic (exact) mass is 356 g/mol. The van der Waals surface area contributed by atoms with Crippen molar-refractivity contribution in [1.29, 1.82) is 0 Å². The Labute approximate surface area is 155 Å². The molecule has 134 valence electrons. The van der Waals surface area contributed by atoms with Crippen molar-refractivity contribution in [3.05, 3.63) is 51.7 Å². The number of nitrogens with zero attached hydrogens (tertiary/aromatic N) is 2. The summed E-state index contributed by atoms with van der Waals surface area (Å²) in [6, 6.07) is 13.8. The van der Waals surface area contributed by atoms with E-state index in [2.05, 4.69) is 40.1 Å². The molecule has 0 amide bonds. The zero-order chi connectivity index (χ0) is 17.1. The van der Waals surface area contributed by atoms with Crippen molar-refractivity contribution in [2.75, 3.05) is 26.7 Å². The van der Waals surface area contributed by atoms with Crippen LogP contribution in [0.15, 0.2) is 36.4 Å². The second kappa shape index (κ2) is 7.90. The minimum atomic E-state index is 0.544. The van der Waals surface area contributed by atoms with E-state index in [4.69, 9.17) is 4.74 Å². The summed E-state index contributed by atoms with van der Waals surface area (Å²) < 4.78 is 5.38. The number of thiophene rings is 1. The number of methoxy groups -OCH3 is 1. The second-order valence-electron chi connectivity index (χ2n) is 7.26. The summed E-state index contributed by atoms with van der Waals surface area (Å²) >= 11 is 2.00. The van der Waals surface area contributed by atoms with Crippen LogP contribution < -0.4 is 4.74 Å². The van der Waals surface area contributed by atoms with E-state index in [0.29, 0.717) is 6.04 Å². The van der Waals surface area contributed by atoms with Crippen molar-refractivity contribution in [3.63, 3.8) is 0 Å². The maximum Gasteiger partial charge on any atom is 0.119 e. The van der Waals surface area contributed by atoms with Gasteiger partial charge < -0.3 is 4.74 Å². The van der Waals surface area contributed by atoms with Gasteiger partial charge in [-0.05, 0) is 62.2 Å². The summed E-state index contributed by atoms with van der Waals surface area (Å²) in [4.78, 5) is 8.22. The van der Waals surface area contributed by atoms with Crippen LogP contribution in [0, 0.1) is 0 Å². The maximum absolute atomic E-state index is 5.38. The first-order chi connectivity index (χ1) is 12.3. The average molecular weight is 357 g/mol. The van der Waals surface area contributed by atoms with Gasteiger partial charge in [-0.1, -0.05) is 18.6 Å². The lowest BCUT2D eigenvalue weighted by Crippen LogP contribution is -2.39. The smallest absolute Gasteiger partial charge is 0.119 e. The number of benzene rings is 1. The molecule has 2 aromatic rings. The highest BCUT2D eigenvalue weighted by atomic mass is 32.1. The van der Waals surface area contributed by atoms with Gasteiger partial charge in [0, 0.05) is 35.4 Å². The van der Waals surface area contributed by atoms with Gasteiger partial charge in [0.05, 0.1) is 7.11 Å². The molecular weight excluding hydrogens is 328 g/mol. The van der Waals surface area contributed by atoms with Crippen LogP contribution in [0.4, 0.5) is 0 Å². The van der Waals surface area contributed by atoms with Crippen molar-refractivity contribution >= 4 is 11.3 Å². The molecule has 2 aliphatic heterocycles. The fourth-order valence-corrected chi connectivity index (χ4v) is 5.07. The largest absolute Gasteiger partial charge is 0.497 e. The van der Waals surface area contributed by atoms with Crippen molar-refractivity contribution in [3.8, 4) is 5.75 Å². The molecule has 25 heavy (non-hydrogen) atoms. The zero-order valence-corrected chi connectivity index (χ0v) is 15.9. The van der Waals surface area contributed by atoms with E-state index < -0.39 is 0 Å². The molecule has 4 heteroatoms. The molecule has 2 aliphatic rings. The highest BCUT2D eigenvalue weighted by Gasteiger charge is 2.29. The molecule has 0 spiro atoms. The third-order valence-electron chi connectivity index (χ3n) is 5.51. The fraction of sp³-hybridized carbons (Fsp3) is 0.524. The number of likely N-dealkylation sites (tertiary alicyclic amines) is 2. The van der Waals surface area contributed by atoms with E-state index in [1.54, 1.807) is 7.11 Å². The lowest BCUT2D eigenvalue weighted by molar-refractivity contribution is 0.0830. The van der Waals surface area contributed by atoms with Crippen molar-refractivity contribution in [1.82, 2.24) is 9.80 Å². The number of hydrogen-bond donors (Lipinski definition) is 0. The maximum atomic E-state index is 5.38. The van der Waals surface area contributed by atoms with Gasteiger partial charge in [0.15, 0.2) is 0 Å². The molecule has 0 bridgehead atoms. The van der Waals surface area contributed by atoms with E-state index in [9.17, 15) is 0 Å². The first kappa shape index (κ1) is 17.1. The summed E-state index contributed by atoms with van der Waals surface area (Å²) in [5.41, 5.74) is 1.38. The van der Waals surface area contributed by atoms with E-state index >= 15 is 0 Å². The van der Waals surface area contributed by atoms with E-state index in [1.165, 1.54) is 60.6 Å². The molecular formula is C21H28N2OS. The molecule has 0 saturated carbocycles. The molecule has 3 heterocycles. The Morgan fingerprint density at radius 2 is 1.80 bits per heavy atom.